The van der Waals surface area contributed by atoms with Crippen LogP contribution in [0.2, 0.25) is 0 Å². The van der Waals surface area contributed by atoms with Crippen LogP contribution in [-0.4, -0.2) is 19.5 Å². The third-order valence-corrected chi connectivity index (χ3v) is 10.1. The van der Waals surface area contributed by atoms with Crippen LogP contribution in [-0.2, 0) is 0 Å². The van der Waals surface area contributed by atoms with Crippen LogP contribution in [0.3, 0.4) is 0 Å². The Hall–Kier alpha value is -6.79. The molecule has 240 valence electrons. The van der Waals surface area contributed by atoms with Gasteiger partial charge in [0.15, 0.2) is 17.5 Å². The highest BCUT2D eigenvalue weighted by atomic mass is 16.3. The molecule has 1 aliphatic carbocycles. The third-order valence-electron chi connectivity index (χ3n) is 10.1. The lowest BCUT2D eigenvalue weighted by Crippen LogP contribution is -2.30. The first-order chi connectivity index (χ1) is 25.3. The van der Waals surface area contributed by atoms with E-state index in [9.17, 15) is 0 Å². The molecule has 0 radical (unpaired) electrons. The molecule has 4 aromatic heterocycles. The maximum absolute atomic E-state index is 6.29. The Morgan fingerprint density at radius 2 is 1.02 bits per heavy atom. The summed E-state index contributed by atoms with van der Waals surface area (Å²) in [4.78, 5) is 15.7. The lowest BCUT2D eigenvalue weighted by Gasteiger charge is -2.12. The SMILES string of the molecule is C1=c2c(n(-c3cccc(-c4nc(-c5cccc6oc7ccccc7c56)nc(-c5cccc6oc7ccccc7c56)n4)c3)c3ccccc23)=CCC1. The smallest absolute Gasteiger partial charge is 0.164 e. The van der Waals surface area contributed by atoms with Crippen molar-refractivity contribution in [3.8, 4) is 39.9 Å². The largest absolute Gasteiger partial charge is 0.456 e. The number of para-hydroxylation sites is 3. The van der Waals surface area contributed by atoms with Crippen molar-refractivity contribution in [3.05, 3.63) is 144 Å². The first kappa shape index (κ1) is 28.1. The fourth-order valence-corrected chi connectivity index (χ4v) is 7.88. The molecule has 0 fully saturated rings. The predicted molar refractivity (Wildman–Crippen MR) is 205 cm³/mol. The van der Waals surface area contributed by atoms with Crippen LogP contribution in [0.5, 0.6) is 0 Å². The molecular formula is C45H28N4O2. The Labute approximate surface area is 291 Å². The van der Waals surface area contributed by atoms with Crippen molar-refractivity contribution in [1.82, 2.24) is 19.5 Å². The van der Waals surface area contributed by atoms with E-state index in [0.29, 0.717) is 17.5 Å². The fourth-order valence-electron chi connectivity index (χ4n) is 7.88. The molecule has 10 aromatic rings. The summed E-state index contributed by atoms with van der Waals surface area (Å²) >= 11 is 0. The number of hydrogen-bond acceptors (Lipinski definition) is 5. The van der Waals surface area contributed by atoms with Crippen LogP contribution >= 0.6 is 0 Å². The second-order valence-corrected chi connectivity index (χ2v) is 13.0. The zero-order valence-electron chi connectivity index (χ0n) is 27.4. The molecule has 0 N–H and O–H groups in total. The maximum atomic E-state index is 6.29. The Bertz CT molecular complexity index is 3030. The van der Waals surface area contributed by atoms with Crippen LogP contribution in [0.25, 0.3) is 107 Å². The molecule has 0 amide bonds. The fraction of sp³-hybridized carbons (Fsp3) is 0.0444. The van der Waals surface area contributed by atoms with Gasteiger partial charge in [-0.05, 0) is 55.3 Å². The van der Waals surface area contributed by atoms with Crippen LogP contribution in [0.1, 0.15) is 12.8 Å². The van der Waals surface area contributed by atoms with E-state index in [-0.39, 0.29) is 0 Å². The highest BCUT2D eigenvalue weighted by molar-refractivity contribution is 6.13. The summed E-state index contributed by atoms with van der Waals surface area (Å²) in [7, 11) is 0. The summed E-state index contributed by atoms with van der Waals surface area (Å²) in [6.45, 7) is 0. The van der Waals surface area contributed by atoms with Gasteiger partial charge in [-0.2, -0.15) is 0 Å². The molecule has 6 nitrogen and oxygen atoms in total. The topological polar surface area (TPSA) is 69.9 Å². The van der Waals surface area contributed by atoms with E-state index < -0.39 is 0 Å². The molecule has 6 heteroatoms. The molecule has 0 unspecified atom stereocenters. The number of hydrogen-bond donors (Lipinski definition) is 0. The summed E-state index contributed by atoms with van der Waals surface area (Å²) in [5, 5.41) is 7.80. The van der Waals surface area contributed by atoms with E-state index in [4.69, 9.17) is 23.8 Å². The van der Waals surface area contributed by atoms with Gasteiger partial charge >= 0.3 is 0 Å². The van der Waals surface area contributed by atoms with Gasteiger partial charge in [0.05, 0.1) is 5.52 Å². The van der Waals surface area contributed by atoms with Gasteiger partial charge in [0.25, 0.3) is 0 Å². The minimum absolute atomic E-state index is 0.578. The van der Waals surface area contributed by atoms with Gasteiger partial charge in [0, 0.05) is 59.9 Å². The quantitative estimate of drug-likeness (QED) is 0.189. The molecule has 0 saturated carbocycles. The van der Waals surface area contributed by atoms with E-state index >= 15 is 0 Å². The summed E-state index contributed by atoms with van der Waals surface area (Å²) < 4.78 is 14.9. The zero-order chi connectivity index (χ0) is 33.5. The Morgan fingerprint density at radius 1 is 0.471 bits per heavy atom. The lowest BCUT2D eigenvalue weighted by atomic mass is 10.0. The lowest BCUT2D eigenvalue weighted by molar-refractivity contribution is 0.668. The highest BCUT2D eigenvalue weighted by Crippen LogP contribution is 2.39. The van der Waals surface area contributed by atoms with Gasteiger partial charge in [-0.15, -0.1) is 0 Å². The highest BCUT2D eigenvalue weighted by Gasteiger charge is 2.21. The first-order valence-electron chi connectivity index (χ1n) is 17.3. The van der Waals surface area contributed by atoms with Crippen molar-refractivity contribution < 1.29 is 8.83 Å². The second kappa shape index (κ2) is 10.9. The van der Waals surface area contributed by atoms with Gasteiger partial charge in [0.1, 0.15) is 22.3 Å². The molecule has 4 heterocycles. The van der Waals surface area contributed by atoms with Gasteiger partial charge in [-0.3, -0.25) is 0 Å². The van der Waals surface area contributed by atoms with Gasteiger partial charge in [-0.1, -0.05) is 103 Å². The van der Waals surface area contributed by atoms with Crippen molar-refractivity contribution in [2.45, 2.75) is 12.8 Å². The molecule has 1 aliphatic rings. The molecule has 11 rings (SSSR count). The monoisotopic (exact) mass is 656 g/mol. The van der Waals surface area contributed by atoms with Crippen molar-refractivity contribution in [2.75, 3.05) is 0 Å². The number of rotatable bonds is 4. The molecule has 0 bridgehead atoms. The van der Waals surface area contributed by atoms with Gasteiger partial charge < -0.3 is 13.4 Å². The summed E-state index contributed by atoms with van der Waals surface area (Å²) in [6, 6.07) is 45.6. The van der Waals surface area contributed by atoms with Gasteiger partial charge in [0.2, 0.25) is 0 Å². The minimum atomic E-state index is 0.578. The Kier molecular flexibility index (Phi) is 5.98. The van der Waals surface area contributed by atoms with E-state index in [1.807, 2.05) is 60.7 Å². The number of aromatic nitrogens is 4. The molecule has 51 heavy (non-hydrogen) atoms. The number of fused-ring (bicyclic) bond motifs is 9. The van der Waals surface area contributed by atoms with E-state index in [1.165, 1.54) is 21.5 Å². The predicted octanol–water partition coefficient (Wildman–Crippen LogP) is 9.97. The van der Waals surface area contributed by atoms with Crippen LogP contribution < -0.4 is 10.6 Å². The first-order valence-corrected chi connectivity index (χ1v) is 17.3. The number of benzene rings is 6. The zero-order valence-corrected chi connectivity index (χ0v) is 27.4. The van der Waals surface area contributed by atoms with E-state index in [0.717, 1.165) is 79.1 Å². The Morgan fingerprint density at radius 3 is 1.71 bits per heavy atom. The van der Waals surface area contributed by atoms with Crippen molar-refractivity contribution in [1.29, 1.82) is 0 Å². The van der Waals surface area contributed by atoms with E-state index in [2.05, 4.69) is 89.5 Å². The van der Waals surface area contributed by atoms with Crippen LogP contribution in [0, 0.1) is 0 Å². The van der Waals surface area contributed by atoms with Crippen molar-refractivity contribution in [3.63, 3.8) is 0 Å². The molecule has 0 atom stereocenters. The molecule has 0 saturated heterocycles. The average Bonchev–Trinajstić information content (AvgIpc) is 3.87. The van der Waals surface area contributed by atoms with E-state index in [1.54, 1.807) is 0 Å². The Balaban J connectivity index is 1.19. The summed E-state index contributed by atoms with van der Waals surface area (Å²) in [5.41, 5.74) is 8.16. The average molecular weight is 657 g/mol. The summed E-state index contributed by atoms with van der Waals surface area (Å²) in [6.07, 6.45) is 6.79. The normalized spacial score (nSPS) is 12.9. The standard InChI is InChI=1S/C45H28N4O2/c1-5-20-35-29(14-1)30-15-2-6-21-36(30)49(35)28-13-9-12-27(26-28)43-46-44(33-18-10-24-39-41(33)31-16-3-7-22-37(31)50-39)48-45(47-43)34-19-11-25-40-42(34)32-17-4-8-23-38(32)51-40/h1,3-5,7-26H,2,6H2. The molecule has 6 aromatic carbocycles. The molecule has 0 spiro atoms. The third kappa shape index (κ3) is 4.26. The molecular weight excluding hydrogens is 629 g/mol. The maximum Gasteiger partial charge on any atom is 0.164 e. The number of nitrogens with zero attached hydrogens (tertiary/aromatic N) is 4. The second-order valence-electron chi connectivity index (χ2n) is 13.0. The van der Waals surface area contributed by atoms with Crippen LogP contribution in [0.4, 0.5) is 0 Å². The van der Waals surface area contributed by atoms with Gasteiger partial charge in [-0.25, -0.2) is 15.0 Å². The number of furan rings is 2. The molecule has 0 aliphatic heterocycles. The summed E-state index contributed by atoms with van der Waals surface area (Å²) in [5.74, 6) is 1.75. The van der Waals surface area contributed by atoms with Crippen molar-refractivity contribution in [2.24, 2.45) is 0 Å². The van der Waals surface area contributed by atoms with Crippen molar-refractivity contribution >= 4 is 66.9 Å². The van der Waals surface area contributed by atoms with Crippen LogP contribution in [0.15, 0.2) is 142 Å². The minimum Gasteiger partial charge on any atom is -0.456 e.